The highest BCUT2D eigenvalue weighted by molar-refractivity contribution is 9.10. The van der Waals surface area contributed by atoms with Crippen LogP contribution < -0.4 is 20.8 Å². The van der Waals surface area contributed by atoms with Crippen molar-refractivity contribution in [2.75, 3.05) is 7.11 Å². The minimum Gasteiger partial charge on any atom is -0.496 e. The minimum absolute atomic E-state index is 0.0224. The number of ether oxygens (including phenoxy) is 2. The summed E-state index contributed by atoms with van der Waals surface area (Å²) < 4.78 is 13.7. The summed E-state index contributed by atoms with van der Waals surface area (Å²) >= 11 is 3.47. The van der Waals surface area contributed by atoms with Crippen LogP contribution in [0.1, 0.15) is 28.3 Å². The lowest BCUT2D eigenvalue weighted by Gasteiger charge is -2.28. The van der Waals surface area contributed by atoms with E-state index in [1.54, 1.807) is 36.2 Å². The van der Waals surface area contributed by atoms with Gasteiger partial charge in [0, 0.05) is 34.2 Å². The van der Waals surface area contributed by atoms with Crippen molar-refractivity contribution < 1.29 is 9.47 Å². The zero-order valence-electron chi connectivity index (χ0n) is 16.9. The summed E-state index contributed by atoms with van der Waals surface area (Å²) in [6.07, 6.45) is 3.40. The molecule has 8 heteroatoms. The van der Waals surface area contributed by atoms with Crippen LogP contribution in [0.15, 0.2) is 69.5 Å². The Bertz CT molecular complexity index is 1290. The second-order valence-corrected chi connectivity index (χ2v) is 8.04. The van der Waals surface area contributed by atoms with E-state index in [0.29, 0.717) is 34.9 Å². The molecule has 3 aromatic rings. The molecule has 0 bridgehead atoms. The van der Waals surface area contributed by atoms with Crippen molar-refractivity contribution in [1.29, 1.82) is 5.26 Å². The van der Waals surface area contributed by atoms with Gasteiger partial charge in [0.2, 0.25) is 5.88 Å². The summed E-state index contributed by atoms with van der Waals surface area (Å²) in [6.45, 7) is 2.17. The number of aryl methyl sites for hydroxylation is 1. The Hall–Kier alpha value is -3.57. The third-order valence-corrected chi connectivity index (χ3v) is 5.75. The van der Waals surface area contributed by atoms with Crippen LogP contribution in [0.25, 0.3) is 0 Å². The number of methoxy groups -OCH3 is 1. The average molecular weight is 479 g/mol. The van der Waals surface area contributed by atoms with Gasteiger partial charge >= 0.3 is 0 Å². The minimum atomic E-state index is -0.727. The average Bonchev–Trinajstić information content (AvgIpc) is 2.76. The monoisotopic (exact) mass is 478 g/mol. The smallest absolute Gasteiger partial charge is 0.259 e. The van der Waals surface area contributed by atoms with Crippen LogP contribution in [0.4, 0.5) is 0 Å². The van der Waals surface area contributed by atoms with E-state index in [0.717, 1.165) is 10.0 Å². The topological polar surface area (TPSA) is 103 Å². The molecule has 0 saturated heterocycles. The Morgan fingerprint density at radius 1 is 1.35 bits per heavy atom. The van der Waals surface area contributed by atoms with Crippen molar-refractivity contribution in [3.05, 3.63) is 97.5 Å². The highest BCUT2D eigenvalue weighted by atomic mass is 79.9. The molecule has 3 heterocycles. The van der Waals surface area contributed by atoms with Gasteiger partial charge in [-0.05, 0) is 36.8 Å². The standard InChI is InChI=1S/C23H19BrN4O3/c1-13-8-19-21(23(29)28(13)12-14-4-3-7-27-11-14)20(17(10-25)22(26)31-19)16-9-15(24)5-6-18(16)30-2/h3-9,11,20H,12,26H2,1-2H3/t20-/m1/s1. The molecule has 1 aliphatic heterocycles. The molecule has 4 rings (SSSR count). The van der Waals surface area contributed by atoms with Crippen LogP contribution in [0.2, 0.25) is 0 Å². The first kappa shape index (κ1) is 20.7. The van der Waals surface area contributed by atoms with Gasteiger partial charge in [0.05, 0.1) is 25.1 Å². The molecule has 0 spiro atoms. The number of fused-ring (bicyclic) bond motifs is 1. The number of nitrogens with zero attached hydrogens (tertiary/aromatic N) is 3. The van der Waals surface area contributed by atoms with Crippen molar-refractivity contribution in [3.8, 4) is 17.6 Å². The van der Waals surface area contributed by atoms with Crippen LogP contribution in [0, 0.1) is 18.3 Å². The Morgan fingerprint density at radius 3 is 2.84 bits per heavy atom. The number of benzene rings is 1. The summed E-state index contributed by atoms with van der Waals surface area (Å²) in [7, 11) is 1.54. The van der Waals surface area contributed by atoms with Crippen molar-refractivity contribution in [2.24, 2.45) is 5.73 Å². The zero-order chi connectivity index (χ0) is 22.1. The maximum absolute atomic E-state index is 13.7. The molecule has 1 atom stereocenters. The van der Waals surface area contributed by atoms with E-state index in [9.17, 15) is 10.1 Å². The number of pyridine rings is 2. The molecule has 1 aliphatic rings. The number of nitriles is 1. The Morgan fingerprint density at radius 2 is 2.16 bits per heavy atom. The maximum atomic E-state index is 13.7. The number of hydrogen-bond donors (Lipinski definition) is 1. The largest absolute Gasteiger partial charge is 0.496 e. The summed E-state index contributed by atoms with van der Waals surface area (Å²) in [6, 6.07) is 13.1. The summed E-state index contributed by atoms with van der Waals surface area (Å²) in [4.78, 5) is 17.8. The van der Waals surface area contributed by atoms with Gasteiger partial charge in [-0.15, -0.1) is 0 Å². The second kappa shape index (κ2) is 8.28. The molecule has 0 aliphatic carbocycles. The van der Waals surface area contributed by atoms with Gasteiger partial charge in [-0.3, -0.25) is 9.78 Å². The van der Waals surface area contributed by atoms with E-state index in [2.05, 4.69) is 27.0 Å². The van der Waals surface area contributed by atoms with Gasteiger partial charge in [0.1, 0.15) is 23.1 Å². The number of rotatable bonds is 4. The molecule has 2 N–H and O–H groups in total. The van der Waals surface area contributed by atoms with Gasteiger partial charge in [0.15, 0.2) is 0 Å². The zero-order valence-corrected chi connectivity index (χ0v) is 18.5. The second-order valence-electron chi connectivity index (χ2n) is 7.13. The van der Waals surface area contributed by atoms with Crippen molar-refractivity contribution in [3.63, 3.8) is 0 Å². The molecular formula is C23H19BrN4O3. The van der Waals surface area contributed by atoms with Crippen molar-refractivity contribution in [1.82, 2.24) is 9.55 Å². The van der Waals surface area contributed by atoms with Gasteiger partial charge in [-0.1, -0.05) is 22.0 Å². The normalized spacial score (nSPS) is 15.1. The third-order valence-electron chi connectivity index (χ3n) is 5.26. The summed E-state index contributed by atoms with van der Waals surface area (Å²) in [5, 5.41) is 9.86. The van der Waals surface area contributed by atoms with Gasteiger partial charge in [-0.25, -0.2) is 0 Å². The molecule has 2 aromatic heterocycles. The first-order chi connectivity index (χ1) is 14.9. The van der Waals surface area contributed by atoms with Crippen LogP contribution >= 0.6 is 15.9 Å². The highest BCUT2D eigenvalue weighted by Crippen LogP contribution is 2.44. The number of aromatic nitrogens is 2. The maximum Gasteiger partial charge on any atom is 0.259 e. The fourth-order valence-electron chi connectivity index (χ4n) is 3.80. The van der Waals surface area contributed by atoms with Crippen LogP contribution in [0.5, 0.6) is 11.5 Å². The molecule has 7 nitrogen and oxygen atoms in total. The highest BCUT2D eigenvalue weighted by Gasteiger charge is 2.36. The molecule has 0 unspecified atom stereocenters. The Labute approximate surface area is 187 Å². The summed E-state index contributed by atoms with van der Waals surface area (Å²) in [5.41, 5.74) is 8.58. The molecule has 31 heavy (non-hydrogen) atoms. The molecule has 156 valence electrons. The van der Waals surface area contributed by atoms with E-state index >= 15 is 0 Å². The molecular weight excluding hydrogens is 460 g/mol. The number of allylic oxidation sites excluding steroid dienone is 1. The molecule has 1 aromatic carbocycles. The van der Waals surface area contributed by atoms with Gasteiger partial charge < -0.3 is 19.8 Å². The third kappa shape index (κ3) is 3.68. The number of hydrogen-bond acceptors (Lipinski definition) is 6. The predicted molar refractivity (Wildman–Crippen MR) is 119 cm³/mol. The van der Waals surface area contributed by atoms with Crippen LogP contribution in [-0.4, -0.2) is 16.7 Å². The van der Waals surface area contributed by atoms with E-state index in [1.807, 2.05) is 31.2 Å². The van der Waals surface area contributed by atoms with E-state index < -0.39 is 5.92 Å². The lowest BCUT2D eigenvalue weighted by Crippen LogP contribution is -2.33. The lowest BCUT2D eigenvalue weighted by molar-refractivity contribution is 0.382. The van der Waals surface area contributed by atoms with Crippen LogP contribution in [-0.2, 0) is 6.54 Å². The van der Waals surface area contributed by atoms with Crippen molar-refractivity contribution in [2.45, 2.75) is 19.4 Å². The lowest BCUT2D eigenvalue weighted by atomic mass is 9.83. The van der Waals surface area contributed by atoms with E-state index in [1.165, 1.54) is 0 Å². The number of halogens is 1. The fraction of sp³-hybridized carbons (Fsp3) is 0.174. The molecule has 0 amide bonds. The Kier molecular flexibility index (Phi) is 5.53. The molecule has 0 saturated carbocycles. The van der Waals surface area contributed by atoms with Crippen molar-refractivity contribution >= 4 is 15.9 Å². The van der Waals surface area contributed by atoms with Gasteiger partial charge in [0.25, 0.3) is 5.56 Å². The molecule has 0 radical (unpaired) electrons. The summed E-state index contributed by atoms with van der Waals surface area (Å²) in [5.74, 6) is 0.133. The van der Waals surface area contributed by atoms with Crippen LogP contribution in [0.3, 0.4) is 0 Å². The fourth-order valence-corrected chi connectivity index (χ4v) is 4.18. The van der Waals surface area contributed by atoms with E-state index in [4.69, 9.17) is 15.2 Å². The Balaban J connectivity index is 1.98. The SMILES string of the molecule is COc1ccc(Br)cc1[C@@H]1C(C#N)=C(N)Oc2cc(C)n(Cc3cccnc3)c(=O)c21. The van der Waals surface area contributed by atoms with E-state index in [-0.39, 0.29) is 17.0 Å². The first-order valence-corrected chi connectivity index (χ1v) is 10.3. The quantitative estimate of drug-likeness (QED) is 0.614. The molecule has 0 fully saturated rings. The number of nitrogens with two attached hydrogens (primary N) is 1. The first-order valence-electron chi connectivity index (χ1n) is 9.48. The predicted octanol–water partition coefficient (Wildman–Crippen LogP) is 3.59. The van der Waals surface area contributed by atoms with Gasteiger partial charge in [-0.2, -0.15) is 5.26 Å².